The number of aromatic nitrogens is 3. The van der Waals surface area contributed by atoms with Crippen molar-refractivity contribution in [2.75, 3.05) is 0 Å². The van der Waals surface area contributed by atoms with Crippen LogP contribution in [0.2, 0.25) is 0 Å². The Hall–Kier alpha value is -2.87. The lowest BCUT2D eigenvalue weighted by molar-refractivity contribution is -0.137. The van der Waals surface area contributed by atoms with Gasteiger partial charge >= 0.3 is 6.18 Å². The first kappa shape index (κ1) is 16.6. The van der Waals surface area contributed by atoms with Gasteiger partial charge in [0, 0.05) is 12.4 Å². The molecule has 8 heteroatoms. The molecule has 3 aromatic heterocycles. The quantitative estimate of drug-likeness (QED) is 0.536. The third-order valence-electron chi connectivity index (χ3n) is 4.01. The van der Waals surface area contributed by atoms with E-state index in [-0.39, 0.29) is 12.1 Å². The van der Waals surface area contributed by atoms with Gasteiger partial charge in [0.15, 0.2) is 0 Å². The number of alkyl halides is 3. The van der Waals surface area contributed by atoms with Crippen LogP contribution in [0, 0.1) is 0 Å². The Bertz CT molecular complexity index is 1110. The first-order valence-corrected chi connectivity index (χ1v) is 8.58. The molecule has 1 aromatic carbocycles. The second-order valence-corrected chi connectivity index (χ2v) is 6.71. The van der Waals surface area contributed by atoms with E-state index in [0.29, 0.717) is 16.8 Å². The summed E-state index contributed by atoms with van der Waals surface area (Å²) in [7, 11) is 0. The molecule has 132 valence electrons. The summed E-state index contributed by atoms with van der Waals surface area (Å²) < 4.78 is 40.9. The number of hydrogen-bond donors (Lipinski definition) is 0. The van der Waals surface area contributed by atoms with E-state index in [2.05, 4.69) is 5.10 Å². The predicted octanol–water partition coefficient (Wildman–Crippen LogP) is 4.29. The molecule has 0 fully saturated rings. The van der Waals surface area contributed by atoms with Gasteiger partial charge in [-0.15, -0.1) is 11.3 Å². The van der Waals surface area contributed by atoms with Crippen LogP contribution in [0.5, 0.6) is 0 Å². The predicted molar refractivity (Wildman–Crippen MR) is 93.3 cm³/mol. The molecule has 0 amide bonds. The lowest BCUT2D eigenvalue weighted by Gasteiger charge is -2.09. The van der Waals surface area contributed by atoms with Crippen molar-refractivity contribution in [3.63, 3.8) is 0 Å². The zero-order valence-electron chi connectivity index (χ0n) is 13.3. The normalized spacial score (nSPS) is 12.0. The Kier molecular flexibility index (Phi) is 3.91. The van der Waals surface area contributed by atoms with E-state index in [1.54, 1.807) is 18.5 Å². The Morgan fingerprint density at radius 2 is 1.85 bits per heavy atom. The summed E-state index contributed by atoms with van der Waals surface area (Å²) in [6, 6.07) is 10.4. The molecule has 4 nitrogen and oxygen atoms in total. The second-order valence-electron chi connectivity index (χ2n) is 5.76. The number of halogens is 3. The molecule has 4 rings (SSSR count). The molecule has 0 radical (unpaired) electrons. The maximum Gasteiger partial charge on any atom is 0.416 e. The molecular weight excluding hydrogens is 363 g/mol. The van der Waals surface area contributed by atoms with Gasteiger partial charge < -0.3 is 4.57 Å². The van der Waals surface area contributed by atoms with Crippen LogP contribution in [0.4, 0.5) is 13.2 Å². The summed E-state index contributed by atoms with van der Waals surface area (Å²) in [4.78, 5) is 13.6. The van der Waals surface area contributed by atoms with Crippen LogP contribution in [0.25, 0.3) is 16.1 Å². The van der Waals surface area contributed by atoms with Gasteiger partial charge in [-0.25, -0.2) is 4.52 Å². The van der Waals surface area contributed by atoms with Crippen LogP contribution < -0.4 is 5.56 Å². The van der Waals surface area contributed by atoms with E-state index < -0.39 is 11.7 Å². The summed E-state index contributed by atoms with van der Waals surface area (Å²) in [6.45, 7) is 0.187. The van der Waals surface area contributed by atoms with Gasteiger partial charge in [0.05, 0.1) is 17.0 Å². The summed E-state index contributed by atoms with van der Waals surface area (Å²) in [6.07, 6.45) is -1.12. The van der Waals surface area contributed by atoms with E-state index in [1.165, 1.54) is 32.6 Å². The minimum absolute atomic E-state index is 0.187. The van der Waals surface area contributed by atoms with Crippen molar-refractivity contribution in [3.8, 4) is 10.6 Å². The molecule has 0 spiro atoms. The van der Waals surface area contributed by atoms with Gasteiger partial charge in [-0.2, -0.15) is 18.3 Å². The first-order valence-electron chi connectivity index (χ1n) is 7.71. The van der Waals surface area contributed by atoms with Crippen molar-refractivity contribution >= 4 is 16.9 Å². The number of rotatable bonds is 3. The minimum atomic E-state index is -4.37. The van der Waals surface area contributed by atoms with Crippen molar-refractivity contribution in [1.82, 2.24) is 14.2 Å². The average molecular weight is 375 g/mol. The molecule has 0 aliphatic heterocycles. The van der Waals surface area contributed by atoms with Crippen molar-refractivity contribution < 1.29 is 13.2 Å². The SMILES string of the molecule is O=c1c2cc(-c3cccs3)nn2ccn1Cc1ccc(C(F)(F)F)cc1. The van der Waals surface area contributed by atoms with Crippen molar-refractivity contribution in [3.05, 3.63) is 81.7 Å². The van der Waals surface area contributed by atoms with Crippen LogP contribution in [0.1, 0.15) is 11.1 Å². The maximum absolute atomic E-state index is 12.7. The topological polar surface area (TPSA) is 39.3 Å². The summed E-state index contributed by atoms with van der Waals surface area (Å²) in [5, 5.41) is 6.32. The molecule has 26 heavy (non-hydrogen) atoms. The smallest absolute Gasteiger partial charge is 0.308 e. The molecule has 4 aromatic rings. The van der Waals surface area contributed by atoms with E-state index in [0.717, 1.165) is 17.0 Å². The molecule has 0 atom stereocenters. The molecule has 0 bridgehead atoms. The van der Waals surface area contributed by atoms with Crippen molar-refractivity contribution in [2.24, 2.45) is 0 Å². The molecule has 0 N–H and O–H groups in total. The highest BCUT2D eigenvalue weighted by Gasteiger charge is 2.29. The van der Waals surface area contributed by atoms with Crippen LogP contribution in [0.15, 0.2) is 65.0 Å². The number of nitrogens with zero attached hydrogens (tertiary/aromatic N) is 3. The van der Waals surface area contributed by atoms with Crippen LogP contribution in [-0.2, 0) is 12.7 Å². The van der Waals surface area contributed by atoms with Crippen LogP contribution in [-0.4, -0.2) is 14.2 Å². The third kappa shape index (κ3) is 3.03. The first-order chi connectivity index (χ1) is 12.4. The van der Waals surface area contributed by atoms with E-state index in [9.17, 15) is 18.0 Å². The molecular formula is C18H12F3N3OS. The van der Waals surface area contributed by atoms with Gasteiger partial charge in [-0.3, -0.25) is 4.79 Å². The number of fused-ring (bicyclic) bond motifs is 1. The van der Waals surface area contributed by atoms with Crippen LogP contribution in [0.3, 0.4) is 0 Å². The molecule has 0 unspecified atom stereocenters. The largest absolute Gasteiger partial charge is 0.416 e. The highest BCUT2D eigenvalue weighted by atomic mass is 32.1. The Morgan fingerprint density at radius 3 is 2.50 bits per heavy atom. The Labute approximate surface area is 149 Å². The summed E-state index contributed by atoms with van der Waals surface area (Å²) in [5.74, 6) is 0. The zero-order valence-corrected chi connectivity index (χ0v) is 14.1. The molecule has 0 aliphatic carbocycles. The second kappa shape index (κ2) is 6.14. The summed E-state index contributed by atoms with van der Waals surface area (Å²) in [5.41, 5.74) is 0.790. The van der Waals surface area contributed by atoms with Gasteiger partial charge in [0.1, 0.15) is 11.2 Å². The van der Waals surface area contributed by atoms with Crippen LogP contribution >= 0.6 is 11.3 Å². The van der Waals surface area contributed by atoms with Crippen molar-refractivity contribution in [2.45, 2.75) is 12.7 Å². The number of hydrogen-bond acceptors (Lipinski definition) is 3. The van der Waals surface area contributed by atoms with Gasteiger partial charge in [0.25, 0.3) is 5.56 Å². The van der Waals surface area contributed by atoms with Gasteiger partial charge in [-0.1, -0.05) is 18.2 Å². The van der Waals surface area contributed by atoms with Gasteiger partial charge in [-0.05, 0) is 35.2 Å². The standard InChI is InChI=1S/C18H12F3N3OS/c19-18(20,21)13-5-3-12(4-6-13)11-23-7-8-24-15(17(23)25)10-14(22-24)16-2-1-9-26-16/h1-10H,11H2. The van der Waals surface area contributed by atoms with E-state index in [1.807, 2.05) is 17.5 Å². The average Bonchev–Trinajstić information content (AvgIpc) is 3.26. The Morgan fingerprint density at radius 1 is 1.08 bits per heavy atom. The minimum Gasteiger partial charge on any atom is -0.308 e. The van der Waals surface area contributed by atoms with E-state index in [4.69, 9.17) is 0 Å². The lowest BCUT2D eigenvalue weighted by atomic mass is 10.1. The molecule has 0 aliphatic rings. The number of thiophene rings is 1. The molecule has 0 saturated carbocycles. The highest BCUT2D eigenvalue weighted by molar-refractivity contribution is 7.13. The molecule has 3 heterocycles. The van der Waals surface area contributed by atoms with E-state index >= 15 is 0 Å². The fraction of sp³-hybridized carbons (Fsp3) is 0.111. The Balaban J connectivity index is 1.67. The molecule has 0 saturated heterocycles. The van der Waals surface area contributed by atoms with Gasteiger partial charge in [0.2, 0.25) is 0 Å². The third-order valence-corrected chi connectivity index (χ3v) is 4.90. The monoisotopic (exact) mass is 375 g/mol. The zero-order chi connectivity index (χ0) is 18.3. The fourth-order valence-corrected chi connectivity index (χ4v) is 3.37. The van der Waals surface area contributed by atoms with Crippen molar-refractivity contribution in [1.29, 1.82) is 0 Å². The highest BCUT2D eigenvalue weighted by Crippen LogP contribution is 2.29. The summed E-state index contributed by atoms with van der Waals surface area (Å²) >= 11 is 1.53. The maximum atomic E-state index is 12.7. The number of benzene rings is 1. The fourth-order valence-electron chi connectivity index (χ4n) is 2.69. The lowest BCUT2D eigenvalue weighted by Crippen LogP contribution is -2.21.